The third-order valence-electron chi connectivity index (χ3n) is 1.96. The Kier molecular flexibility index (Phi) is 5.91. The van der Waals surface area contributed by atoms with Crippen molar-refractivity contribution >= 4 is 23.2 Å². The summed E-state index contributed by atoms with van der Waals surface area (Å²) in [5.41, 5.74) is 0. The van der Waals surface area contributed by atoms with Crippen LogP contribution < -0.4 is 10.1 Å². The molecule has 0 radical (unpaired) electrons. The van der Waals surface area contributed by atoms with Crippen molar-refractivity contribution in [2.45, 2.75) is 13.0 Å². The van der Waals surface area contributed by atoms with Gasteiger partial charge in [0.05, 0.1) is 10.0 Å². The second kappa shape index (κ2) is 6.97. The summed E-state index contributed by atoms with van der Waals surface area (Å²) in [6.45, 7) is 3.54. The number of aliphatic hydroxyl groups is 1. The minimum atomic E-state index is -0.533. The lowest BCUT2D eigenvalue weighted by molar-refractivity contribution is 0.107. The molecule has 0 spiro atoms. The summed E-state index contributed by atoms with van der Waals surface area (Å²) < 4.78 is 5.37. The number of benzene rings is 1. The first-order valence-electron chi connectivity index (χ1n) is 5.10. The molecular formula is C11H15Cl2NO2. The van der Waals surface area contributed by atoms with Gasteiger partial charge in [0, 0.05) is 12.6 Å². The Balaban J connectivity index is 2.39. The minimum Gasteiger partial charge on any atom is -0.491 e. The van der Waals surface area contributed by atoms with Gasteiger partial charge < -0.3 is 15.2 Å². The fourth-order valence-corrected chi connectivity index (χ4v) is 1.42. The highest BCUT2D eigenvalue weighted by Gasteiger charge is 2.05. The van der Waals surface area contributed by atoms with Gasteiger partial charge in [-0.25, -0.2) is 0 Å². The van der Waals surface area contributed by atoms with E-state index in [1.54, 1.807) is 18.2 Å². The van der Waals surface area contributed by atoms with E-state index in [0.29, 0.717) is 22.3 Å². The number of aliphatic hydroxyl groups excluding tert-OH is 1. The van der Waals surface area contributed by atoms with Crippen molar-refractivity contribution in [1.29, 1.82) is 0 Å². The molecule has 1 aromatic carbocycles. The Morgan fingerprint density at radius 2 is 2.12 bits per heavy atom. The molecule has 16 heavy (non-hydrogen) atoms. The number of nitrogens with one attached hydrogen (secondary N) is 1. The van der Waals surface area contributed by atoms with Crippen molar-refractivity contribution in [1.82, 2.24) is 5.32 Å². The Morgan fingerprint density at radius 3 is 2.75 bits per heavy atom. The highest BCUT2D eigenvalue weighted by molar-refractivity contribution is 6.42. The van der Waals surface area contributed by atoms with Crippen molar-refractivity contribution in [2.75, 3.05) is 19.7 Å². The smallest absolute Gasteiger partial charge is 0.121 e. The molecule has 1 rings (SSSR count). The van der Waals surface area contributed by atoms with Gasteiger partial charge in [0.25, 0.3) is 0 Å². The average Bonchev–Trinajstić information content (AvgIpc) is 2.28. The van der Waals surface area contributed by atoms with Crippen LogP contribution in [0.25, 0.3) is 0 Å². The SMILES string of the molecule is CCNCC(O)COc1ccc(Cl)c(Cl)c1. The molecule has 1 aromatic rings. The number of ether oxygens (including phenoxy) is 1. The van der Waals surface area contributed by atoms with Gasteiger partial charge in [-0.3, -0.25) is 0 Å². The Morgan fingerprint density at radius 1 is 1.38 bits per heavy atom. The molecule has 0 aliphatic heterocycles. The number of hydrogen-bond donors (Lipinski definition) is 2. The van der Waals surface area contributed by atoms with E-state index in [9.17, 15) is 5.11 Å². The van der Waals surface area contributed by atoms with Gasteiger partial charge in [-0.2, -0.15) is 0 Å². The summed E-state index contributed by atoms with van der Waals surface area (Å²) in [5, 5.41) is 13.5. The lowest BCUT2D eigenvalue weighted by Crippen LogP contribution is -2.31. The predicted octanol–water partition coefficient (Wildman–Crippen LogP) is 2.34. The van der Waals surface area contributed by atoms with Crippen molar-refractivity contribution in [2.24, 2.45) is 0 Å². The topological polar surface area (TPSA) is 41.5 Å². The van der Waals surface area contributed by atoms with Crippen LogP contribution in [0.2, 0.25) is 10.0 Å². The highest BCUT2D eigenvalue weighted by Crippen LogP contribution is 2.26. The molecule has 0 saturated heterocycles. The molecule has 2 N–H and O–H groups in total. The van der Waals surface area contributed by atoms with Crippen molar-refractivity contribution in [3.63, 3.8) is 0 Å². The molecule has 0 aliphatic carbocycles. The minimum absolute atomic E-state index is 0.227. The van der Waals surface area contributed by atoms with E-state index in [0.717, 1.165) is 6.54 Å². The Labute approximate surface area is 105 Å². The van der Waals surface area contributed by atoms with E-state index in [1.165, 1.54) is 0 Å². The summed E-state index contributed by atoms with van der Waals surface area (Å²) in [5.74, 6) is 0.602. The van der Waals surface area contributed by atoms with Crippen LogP contribution in [0.1, 0.15) is 6.92 Å². The van der Waals surface area contributed by atoms with E-state index in [1.807, 2.05) is 6.92 Å². The Hall–Kier alpha value is -0.480. The predicted molar refractivity (Wildman–Crippen MR) is 66.5 cm³/mol. The summed E-state index contributed by atoms with van der Waals surface area (Å²) >= 11 is 11.6. The Bertz CT molecular complexity index is 334. The molecular weight excluding hydrogens is 249 g/mol. The maximum Gasteiger partial charge on any atom is 0.121 e. The van der Waals surface area contributed by atoms with Crippen LogP contribution in [0.15, 0.2) is 18.2 Å². The summed E-state index contributed by atoms with van der Waals surface area (Å²) in [6.07, 6.45) is -0.533. The monoisotopic (exact) mass is 263 g/mol. The first kappa shape index (κ1) is 13.6. The van der Waals surface area contributed by atoms with Crippen LogP contribution in [0.4, 0.5) is 0 Å². The fraction of sp³-hybridized carbons (Fsp3) is 0.455. The maximum atomic E-state index is 9.52. The molecule has 1 unspecified atom stereocenters. The third kappa shape index (κ3) is 4.58. The normalized spacial score (nSPS) is 12.5. The zero-order valence-electron chi connectivity index (χ0n) is 9.04. The number of hydrogen-bond acceptors (Lipinski definition) is 3. The van der Waals surface area contributed by atoms with E-state index >= 15 is 0 Å². The second-order valence-electron chi connectivity index (χ2n) is 3.35. The van der Waals surface area contributed by atoms with E-state index in [-0.39, 0.29) is 6.61 Å². The molecule has 5 heteroatoms. The molecule has 90 valence electrons. The summed E-state index contributed by atoms with van der Waals surface area (Å²) in [7, 11) is 0. The summed E-state index contributed by atoms with van der Waals surface area (Å²) in [6, 6.07) is 5.01. The van der Waals surface area contributed by atoms with E-state index in [4.69, 9.17) is 27.9 Å². The first-order valence-corrected chi connectivity index (χ1v) is 5.85. The average molecular weight is 264 g/mol. The molecule has 3 nitrogen and oxygen atoms in total. The summed E-state index contributed by atoms with van der Waals surface area (Å²) in [4.78, 5) is 0. The van der Waals surface area contributed by atoms with Gasteiger partial charge in [0.2, 0.25) is 0 Å². The van der Waals surface area contributed by atoms with E-state index in [2.05, 4.69) is 5.32 Å². The molecule has 0 aliphatic rings. The second-order valence-corrected chi connectivity index (χ2v) is 4.16. The van der Waals surface area contributed by atoms with Gasteiger partial charge in [-0.15, -0.1) is 0 Å². The molecule has 0 aromatic heterocycles. The number of rotatable bonds is 6. The van der Waals surface area contributed by atoms with Gasteiger partial charge in [0.1, 0.15) is 18.5 Å². The lowest BCUT2D eigenvalue weighted by Gasteiger charge is -2.12. The van der Waals surface area contributed by atoms with Gasteiger partial charge in [0.15, 0.2) is 0 Å². The van der Waals surface area contributed by atoms with Crippen LogP contribution in [0.3, 0.4) is 0 Å². The zero-order valence-corrected chi connectivity index (χ0v) is 10.6. The molecule has 0 fully saturated rings. The van der Waals surface area contributed by atoms with Crippen molar-refractivity contribution in [3.8, 4) is 5.75 Å². The fourth-order valence-electron chi connectivity index (χ4n) is 1.13. The van der Waals surface area contributed by atoms with Crippen molar-refractivity contribution < 1.29 is 9.84 Å². The zero-order chi connectivity index (χ0) is 12.0. The number of likely N-dealkylation sites (N-methyl/N-ethyl adjacent to an activating group) is 1. The number of halogens is 2. The van der Waals surface area contributed by atoms with Gasteiger partial charge in [-0.05, 0) is 18.7 Å². The van der Waals surface area contributed by atoms with Crippen LogP contribution in [-0.4, -0.2) is 30.9 Å². The van der Waals surface area contributed by atoms with E-state index < -0.39 is 6.10 Å². The molecule has 0 bridgehead atoms. The highest BCUT2D eigenvalue weighted by atomic mass is 35.5. The van der Waals surface area contributed by atoms with Crippen LogP contribution in [0, 0.1) is 0 Å². The molecule has 0 heterocycles. The maximum absolute atomic E-state index is 9.52. The first-order chi connectivity index (χ1) is 7.63. The van der Waals surface area contributed by atoms with Crippen LogP contribution >= 0.6 is 23.2 Å². The lowest BCUT2D eigenvalue weighted by atomic mass is 10.3. The van der Waals surface area contributed by atoms with Gasteiger partial charge in [-0.1, -0.05) is 30.1 Å². The third-order valence-corrected chi connectivity index (χ3v) is 2.70. The van der Waals surface area contributed by atoms with Gasteiger partial charge >= 0.3 is 0 Å². The molecule has 0 amide bonds. The molecule has 0 saturated carbocycles. The molecule has 1 atom stereocenters. The quantitative estimate of drug-likeness (QED) is 0.828. The van der Waals surface area contributed by atoms with Crippen LogP contribution in [0.5, 0.6) is 5.75 Å². The standard InChI is InChI=1S/C11H15Cl2NO2/c1-2-14-6-8(15)7-16-9-3-4-10(12)11(13)5-9/h3-5,8,14-15H,2,6-7H2,1H3. The largest absolute Gasteiger partial charge is 0.491 e. The van der Waals surface area contributed by atoms with Crippen LogP contribution in [-0.2, 0) is 0 Å². The van der Waals surface area contributed by atoms with Crippen molar-refractivity contribution in [3.05, 3.63) is 28.2 Å².